The van der Waals surface area contributed by atoms with E-state index < -0.39 is 17.7 Å². The normalized spacial score (nSPS) is 24.2. The summed E-state index contributed by atoms with van der Waals surface area (Å²) in [6.45, 7) is 2.77. The van der Waals surface area contributed by atoms with Crippen LogP contribution in [-0.2, 0) is 0 Å². The van der Waals surface area contributed by atoms with Gasteiger partial charge in [0.15, 0.2) is 0 Å². The van der Waals surface area contributed by atoms with Crippen molar-refractivity contribution in [1.82, 2.24) is 9.80 Å². The fraction of sp³-hybridized carbons (Fsp3) is 0.571. The van der Waals surface area contributed by atoms with Crippen LogP contribution in [-0.4, -0.2) is 49.6 Å². The van der Waals surface area contributed by atoms with Crippen molar-refractivity contribution in [2.45, 2.75) is 18.5 Å². The minimum absolute atomic E-state index is 0.0636. The Morgan fingerprint density at radius 1 is 1.16 bits per heavy atom. The molecule has 2 atom stereocenters. The second-order valence-electron chi connectivity index (χ2n) is 5.39. The number of hydrogen-bond acceptors (Lipinski definition) is 3. The van der Waals surface area contributed by atoms with E-state index in [0.717, 1.165) is 32.1 Å². The van der Waals surface area contributed by atoms with Crippen molar-refractivity contribution < 1.29 is 8.78 Å². The summed E-state index contributed by atoms with van der Waals surface area (Å²) in [5.41, 5.74) is 6.75. The molecule has 1 fully saturated rings. The summed E-state index contributed by atoms with van der Waals surface area (Å²) in [4.78, 5) is 4.39. The zero-order valence-electron chi connectivity index (χ0n) is 11.4. The molecule has 0 radical (unpaired) electrons. The molecule has 0 aliphatic carbocycles. The van der Waals surface area contributed by atoms with Gasteiger partial charge in [-0.1, -0.05) is 0 Å². The molecule has 0 bridgehead atoms. The van der Waals surface area contributed by atoms with E-state index in [9.17, 15) is 8.78 Å². The standard InChI is InChI=1S/C14H21F2N3/c1-18-4-3-5-19(2)13(9-18)14(17)10-6-11(15)8-12(16)7-10/h6-8,13-14H,3-5,9,17H2,1-2H3. The lowest BCUT2D eigenvalue weighted by molar-refractivity contribution is 0.196. The first kappa shape index (κ1) is 14.4. The number of nitrogens with two attached hydrogens (primary N) is 1. The molecule has 0 amide bonds. The van der Waals surface area contributed by atoms with Gasteiger partial charge in [0.25, 0.3) is 0 Å². The van der Waals surface area contributed by atoms with Crippen LogP contribution in [0, 0.1) is 11.6 Å². The molecule has 106 valence electrons. The molecule has 1 saturated heterocycles. The first-order chi connectivity index (χ1) is 8.97. The van der Waals surface area contributed by atoms with Crippen LogP contribution >= 0.6 is 0 Å². The van der Waals surface area contributed by atoms with Crippen LogP contribution in [0.5, 0.6) is 0 Å². The molecule has 1 aromatic rings. The third kappa shape index (κ3) is 3.49. The average Bonchev–Trinajstić information content (AvgIpc) is 2.49. The number of likely N-dealkylation sites (N-methyl/N-ethyl adjacent to an activating group) is 2. The van der Waals surface area contributed by atoms with E-state index in [4.69, 9.17) is 5.73 Å². The average molecular weight is 269 g/mol. The van der Waals surface area contributed by atoms with Gasteiger partial charge in [0.1, 0.15) is 11.6 Å². The van der Waals surface area contributed by atoms with Gasteiger partial charge in [0.2, 0.25) is 0 Å². The Bertz CT molecular complexity index is 418. The third-order valence-electron chi connectivity index (χ3n) is 3.80. The molecule has 3 nitrogen and oxygen atoms in total. The molecule has 2 N–H and O–H groups in total. The Labute approximate surface area is 113 Å². The lowest BCUT2D eigenvalue weighted by atomic mass is 9.98. The number of benzene rings is 1. The summed E-state index contributed by atoms with van der Waals surface area (Å²) in [7, 11) is 4.06. The van der Waals surface area contributed by atoms with Gasteiger partial charge in [-0.15, -0.1) is 0 Å². The van der Waals surface area contributed by atoms with Crippen molar-refractivity contribution in [3.8, 4) is 0 Å². The molecule has 1 aliphatic rings. The fourth-order valence-electron chi connectivity index (χ4n) is 2.68. The third-order valence-corrected chi connectivity index (χ3v) is 3.80. The zero-order valence-corrected chi connectivity index (χ0v) is 11.4. The largest absolute Gasteiger partial charge is 0.323 e. The molecular weight excluding hydrogens is 248 g/mol. The number of rotatable bonds is 2. The van der Waals surface area contributed by atoms with Crippen LogP contribution in [0.25, 0.3) is 0 Å². The van der Waals surface area contributed by atoms with Crippen LogP contribution in [0.4, 0.5) is 8.78 Å². The minimum atomic E-state index is -0.574. The number of hydrogen-bond donors (Lipinski definition) is 1. The Morgan fingerprint density at radius 2 is 1.79 bits per heavy atom. The van der Waals surface area contributed by atoms with Crippen molar-refractivity contribution in [3.05, 3.63) is 35.4 Å². The van der Waals surface area contributed by atoms with E-state index in [2.05, 4.69) is 9.80 Å². The lowest BCUT2D eigenvalue weighted by Gasteiger charge is -2.32. The Morgan fingerprint density at radius 3 is 2.42 bits per heavy atom. The summed E-state index contributed by atoms with van der Waals surface area (Å²) in [5.74, 6) is -1.15. The predicted octanol–water partition coefficient (Wildman–Crippen LogP) is 1.60. The lowest BCUT2D eigenvalue weighted by Crippen LogP contribution is -2.45. The summed E-state index contributed by atoms with van der Waals surface area (Å²) >= 11 is 0. The van der Waals surface area contributed by atoms with E-state index in [-0.39, 0.29) is 6.04 Å². The Hall–Kier alpha value is -1.04. The van der Waals surface area contributed by atoms with Crippen molar-refractivity contribution in [2.75, 3.05) is 33.7 Å². The van der Waals surface area contributed by atoms with E-state index in [1.165, 1.54) is 12.1 Å². The topological polar surface area (TPSA) is 32.5 Å². The van der Waals surface area contributed by atoms with Crippen molar-refractivity contribution >= 4 is 0 Å². The Balaban J connectivity index is 2.22. The summed E-state index contributed by atoms with van der Waals surface area (Å²) in [5, 5.41) is 0. The van der Waals surface area contributed by atoms with Gasteiger partial charge in [0.05, 0.1) is 0 Å². The van der Waals surface area contributed by atoms with Crippen LogP contribution in [0.3, 0.4) is 0 Å². The van der Waals surface area contributed by atoms with Crippen LogP contribution < -0.4 is 5.73 Å². The van der Waals surface area contributed by atoms with Gasteiger partial charge < -0.3 is 15.5 Å². The molecule has 0 spiro atoms. The maximum absolute atomic E-state index is 13.3. The molecule has 19 heavy (non-hydrogen) atoms. The van der Waals surface area contributed by atoms with Crippen LogP contribution in [0.15, 0.2) is 18.2 Å². The van der Waals surface area contributed by atoms with Gasteiger partial charge in [-0.05, 0) is 51.3 Å². The van der Waals surface area contributed by atoms with E-state index in [1.807, 2.05) is 14.1 Å². The van der Waals surface area contributed by atoms with Gasteiger partial charge >= 0.3 is 0 Å². The quantitative estimate of drug-likeness (QED) is 0.885. The Kier molecular flexibility index (Phi) is 4.50. The molecule has 0 aromatic heterocycles. The number of nitrogens with zero attached hydrogens (tertiary/aromatic N) is 2. The molecule has 0 saturated carbocycles. The van der Waals surface area contributed by atoms with Gasteiger partial charge in [0, 0.05) is 24.7 Å². The first-order valence-electron chi connectivity index (χ1n) is 6.57. The molecule has 1 heterocycles. The highest BCUT2D eigenvalue weighted by atomic mass is 19.1. The number of halogens is 2. The van der Waals surface area contributed by atoms with E-state index >= 15 is 0 Å². The monoisotopic (exact) mass is 269 g/mol. The summed E-state index contributed by atoms with van der Waals surface area (Å²) < 4.78 is 26.6. The SMILES string of the molecule is CN1CCCN(C)C(C(N)c2cc(F)cc(F)c2)C1. The highest BCUT2D eigenvalue weighted by Crippen LogP contribution is 2.22. The first-order valence-corrected chi connectivity index (χ1v) is 6.57. The fourth-order valence-corrected chi connectivity index (χ4v) is 2.68. The smallest absolute Gasteiger partial charge is 0.126 e. The van der Waals surface area contributed by atoms with Crippen molar-refractivity contribution in [1.29, 1.82) is 0 Å². The highest BCUT2D eigenvalue weighted by molar-refractivity contribution is 5.23. The van der Waals surface area contributed by atoms with E-state index in [0.29, 0.717) is 5.56 Å². The maximum atomic E-state index is 13.3. The van der Waals surface area contributed by atoms with Gasteiger partial charge in [-0.25, -0.2) is 8.78 Å². The zero-order chi connectivity index (χ0) is 14.0. The summed E-state index contributed by atoms with van der Waals surface area (Å²) in [6, 6.07) is 3.20. The molecule has 2 unspecified atom stereocenters. The molecule has 1 aromatic carbocycles. The maximum Gasteiger partial charge on any atom is 0.126 e. The second kappa shape index (κ2) is 5.94. The summed E-state index contributed by atoms with van der Waals surface area (Å²) in [6.07, 6.45) is 1.08. The molecule has 1 aliphatic heterocycles. The van der Waals surface area contributed by atoms with Crippen LogP contribution in [0.2, 0.25) is 0 Å². The van der Waals surface area contributed by atoms with Gasteiger partial charge in [-0.3, -0.25) is 0 Å². The highest BCUT2D eigenvalue weighted by Gasteiger charge is 2.27. The van der Waals surface area contributed by atoms with Gasteiger partial charge in [-0.2, -0.15) is 0 Å². The van der Waals surface area contributed by atoms with Crippen LogP contribution in [0.1, 0.15) is 18.0 Å². The molecule has 2 rings (SSSR count). The second-order valence-corrected chi connectivity index (χ2v) is 5.39. The minimum Gasteiger partial charge on any atom is -0.323 e. The van der Waals surface area contributed by atoms with E-state index in [1.54, 1.807) is 0 Å². The van der Waals surface area contributed by atoms with Crippen molar-refractivity contribution in [3.63, 3.8) is 0 Å². The van der Waals surface area contributed by atoms with Crippen molar-refractivity contribution in [2.24, 2.45) is 5.73 Å². The molecular formula is C14H21F2N3. The predicted molar refractivity (Wildman–Crippen MR) is 71.8 cm³/mol. The molecule has 5 heteroatoms.